The number of nitrogens with zero attached hydrogens (tertiary/aromatic N) is 6. The monoisotopic (exact) mass is 496 g/mol. The molecule has 0 radical (unpaired) electrons. The SMILES string of the molecule is Cc1cc(CCN=C2NC(N(C)C)=NC(CN(CCc3cocc3C)C3=NC(C)N=C(N)N3)N2)co1. The van der Waals surface area contributed by atoms with Gasteiger partial charge in [0, 0.05) is 27.2 Å². The van der Waals surface area contributed by atoms with Crippen LogP contribution < -0.4 is 21.7 Å². The van der Waals surface area contributed by atoms with E-state index in [0.717, 1.165) is 41.3 Å². The van der Waals surface area contributed by atoms with Crippen LogP contribution in [0.3, 0.4) is 0 Å². The van der Waals surface area contributed by atoms with Gasteiger partial charge in [-0.05, 0) is 56.4 Å². The van der Waals surface area contributed by atoms with Crippen LogP contribution in [0.2, 0.25) is 0 Å². The summed E-state index contributed by atoms with van der Waals surface area (Å²) in [7, 11) is 3.90. The molecule has 0 aromatic carbocycles. The van der Waals surface area contributed by atoms with E-state index in [2.05, 4.69) is 30.8 Å². The number of nitrogens with two attached hydrogens (primary N) is 1. The van der Waals surface area contributed by atoms with Crippen molar-refractivity contribution in [2.75, 3.05) is 33.7 Å². The van der Waals surface area contributed by atoms with Gasteiger partial charge < -0.3 is 29.7 Å². The molecule has 5 N–H and O–H groups in total. The van der Waals surface area contributed by atoms with Crippen molar-refractivity contribution in [3.63, 3.8) is 0 Å². The lowest BCUT2D eigenvalue weighted by molar-refractivity contribution is 0.359. The van der Waals surface area contributed by atoms with Crippen LogP contribution in [0.1, 0.15) is 29.4 Å². The third-order valence-electron chi connectivity index (χ3n) is 5.87. The molecule has 36 heavy (non-hydrogen) atoms. The molecule has 194 valence electrons. The van der Waals surface area contributed by atoms with Gasteiger partial charge in [-0.25, -0.2) is 15.0 Å². The Morgan fingerprint density at radius 3 is 2.56 bits per heavy atom. The molecule has 0 saturated carbocycles. The summed E-state index contributed by atoms with van der Waals surface area (Å²) >= 11 is 0. The summed E-state index contributed by atoms with van der Waals surface area (Å²) < 4.78 is 10.8. The molecule has 12 nitrogen and oxygen atoms in total. The lowest BCUT2D eigenvalue weighted by atomic mass is 10.1. The summed E-state index contributed by atoms with van der Waals surface area (Å²) in [5, 5.41) is 9.82. The molecule has 0 amide bonds. The van der Waals surface area contributed by atoms with Gasteiger partial charge in [0.2, 0.25) is 11.9 Å². The first-order valence-corrected chi connectivity index (χ1v) is 12.1. The average molecular weight is 497 g/mol. The van der Waals surface area contributed by atoms with Crippen molar-refractivity contribution in [3.05, 3.63) is 47.3 Å². The van der Waals surface area contributed by atoms with E-state index in [4.69, 9.17) is 24.6 Å². The third-order valence-corrected chi connectivity index (χ3v) is 5.87. The first kappa shape index (κ1) is 25.1. The highest BCUT2D eigenvalue weighted by molar-refractivity contribution is 6.01. The van der Waals surface area contributed by atoms with E-state index < -0.39 is 0 Å². The van der Waals surface area contributed by atoms with Crippen LogP contribution in [-0.2, 0) is 12.8 Å². The molecule has 4 rings (SSSR count). The summed E-state index contributed by atoms with van der Waals surface area (Å²) in [4.78, 5) is 22.6. The van der Waals surface area contributed by atoms with Crippen LogP contribution in [0.4, 0.5) is 0 Å². The summed E-state index contributed by atoms with van der Waals surface area (Å²) in [5.74, 6) is 3.34. The van der Waals surface area contributed by atoms with Crippen molar-refractivity contribution < 1.29 is 8.83 Å². The van der Waals surface area contributed by atoms with Gasteiger partial charge in [0.15, 0.2) is 11.9 Å². The van der Waals surface area contributed by atoms with Gasteiger partial charge >= 0.3 is 0 Å². The molecule has 2 aromatic heterocycles. The maximum absolute atomic E-state index is 6.02. The maximum atomic E-state index is 6.02. The molecule has 0 saturated heterocycles. The van der Waals surface area contributed by atoms with Crippen LogP contribution >= 0.6 is 0 Å². The summed E-state index contributed by atoms with van der Waals surface area (Å²) in [6.45, 7) is 7.74. The number of rotatable bonds is 8. The highest BCUT2D eigenvalue weighted by atomic mass is 16.3. The van der Waals surface area contributed by atoms with Gasteiger partial charge in [-0.15, -0.1) is 0 Å². The van der Waals surface area contributed by atoms with Crippen molar-refractivity contribution in [1.29, 1.82) is 0 Å². The van der Waals surface area contributed by atoms with Crippen molar-refractivity contribution in [2.24, 2.45) is 25.7 Å². The van der Waals surface area contributed by atoms with Gasteiger partial charge in [-0.3, -0.25) is 15.6 Å². The van der Waals surface area contributed by atoms with Crippen molar-refractivity contribution in [1.82, 2.24) is 25.8 Å². The van der Waals surface area contributed by atoms with Crippen LogP contribution in [0.15, 0.2) is 53.7 Å². The number of guanidine groups is 4. The molecule has 2 aromatic rings. The standard InChI is InChI=1S/C24H36N10O2/c1-15-12-35-14-19(15)7-9-34(24-28-17(3)27-21(25)31-24)11-20-29-22(32-23(30-20)33(4)5)26-8-6-18-10-16(2)36-13-18/h10,12-14,17,20H,6-9,11H2,1-5H3,(H3,25,27,28,31)(H2,26,29,30,32). The number of hydrogen-bond acceptors (Lipinski definition) is 10. The van der Waals surface area contributed by atoms with Crippen LogP contribution in [-0.4, -0.2) is 79.7 Å². The zero-order chi connectivity index (χ0) is 25.7. The molecule has 2 atom stereocenters. The molecule has 4 heterocycles. The maximum Gasteiger partial charge on any atom is 0.203 e. The summed E-state index contributed by atoms with van der Waals surface area (Å²) in [6, 6.07) is 2.03. The molecule has 2 aliphatic heterocycles. The quantitative estimate of drug-likeness (QED) is 0.424. The Balaban J connectivity index is 1.49. The second kappa shape index (κ2) is 11.2. The van der Waals surface area contributed by atoms with Gasteiger partial charge in [-0.2, -0.15) is 0 Å². The molecular formula is C24H36N10O2. The first-order valence-electron chi connectivity index (χ1n) is 12.1. The van der Waals surface area contributed by atoms with E-state index in [-0.39, 0.29) is 12.3 Å². The minimum atomic E-state index is -0.260. The van der Waals surface area contributed by atoms with Crippen LogP contribution in [0.25, 0.3) is 0 Å². The molecule has 0 aliphatic carbocycles. The molecule has 0 spiro atoms. The van der Waals surface area contributed by atoms with E-state index >= 15 is 0 Å². The number of nitrogens with one attached hydrogen (secondary N) is 3. The fourth-order valence-corrected chi connectivity index (χ4v) is 3.97. The lowest BCUT2D eigenvalue weighted by Crippen LogP contribution is -2.59. The minimum absolute atomic E-state index is 0.259. The number of furan rings is 2. The number of aryl methyl sites for hydroxylation is 2. The number of aliphatic imine (C=N–C) groups is 4. The Bertz CT molecular complexity index is 1160. The Hall–Kier alpha value is -3.96. The molecule has 2 aliphatic rings. The third kappa shape index (κ3) is 6.58. The highest BCUT2D eigenvalue weighted by Crippen LogP contribution is 2.12. The van der Waals surface area contributed by atoms with Crippen LogP contribution in [0, 0.1) is 13.8 Å². The van der Waals surface area contributed by atoms with E-state index in [1.54, 1.807) is 18.8 Å². The van der Waals surface area contributed by atoms with Crippen LogP contribution in [0.5, 0.6) is 0 Å². The fraction of sp³-hybridized carbons (Fsp3) is 0.500. The van der Waals surface area contributed by atoms with Crippen molar-refractivity contribution >= 4 is 23.8 Å². The first-order chi connectivity index (χ1) is 17.3. The molecule has 0 bridgehead atoms. The molecule has 2 unspecified atom stereocenters. The second-order valence-electron chi connectivity index (χ2n) is 9.18. The summed E-state index contributed by atoms with van der Waals surface area (Å²) in [6.07, 6.45) is 6.39. The summed E-state index contributed by atoms with van der Waals surface area (Å²) in [5.41, 5.74) is 9.42. The van der Waals surface area contributed by atoms with E-state index in [0.29, 0.717) is 37.5 Å². The van der Waals surface area contributed by atoms with E-state index in [1.807, 2.05) is 45.8 Å². The predicted octanol–water partition coefficient (Wildman–Crippen LogP) is 0.989. The van der Waals surface area contributed by atoms with Crippen molar-refractivity contribution in [2.45, 2.75) is 45.9 Å². The van der Waals surface area contributed by atoms with Crippen molar-refractivity contribution in [3.8, 4) is 0 Å². The Labute approximate surface area is 211 Å². The van der Waals surface area contributed by atoms with Gasteiger partial charge in [-0.1, -0.05) is 0 Å². The topological polar surface area (TPSA) is 144 Å². The van der Waals surface area contributed by atoms with E-state index in [1.165, 1.54) is 0 Å². The molecular weight excluding hydrogens is 460 g/mol. The zero-order valence-corrected chi connectivity index (χ0v) is 21.6. The Morgan fingerprint density at radius 1 is 1.06 bits per heavy atom. The molecule has 12 heteroatoms. The number of hydrogen-bond donors (Lipinski definition) is 4. The van der Waals surface area contributed by atoms with Gasteiger partial charge in [0.25, 0.3) is 0 Å². The van der Waals surface area contributed by atoms with Gasteiger partial charge in [0.1, 0.15) is 18.1 Å². The normalized spacial score (nSPS) is 20.6. The Kier molecular flexibility index (Phi) is 7.81. The lowest BCUT2D eigenvalue weighted by Gasteiger charge is -2.34. The average Bonchev–Trinajstić information content (AvgIpc) is 3.43. The second-order valence-corrected chi connectivity index (χ2v) is 9.18. The van der Waals surface area contributed by atoms with E-state index in [9.17, 15) is 0 Å². The minimum Gasteiger partial charge on any atom is -0.472 e. The zero-order valence-electron chi connectivity index (χ0n) is 21.6. The molecule has 0 fully saturated rings. The van der Waals surface area contributed by atoms with Gasteiger partial charge in [0.05, 0.1) is 25.3 Å². The smallest absolute Gasteiger partial charge is 0.203 e. The predicted molar refractivity (Wildman–Crippen MR) is 141 cm³/mol. The fourth-order valence-electron chi connectivity index (χ4n) is 3.97. The Morgan fingerprint density at radius 2 is 1.89 bits per heavy atom. The largest absolute Gasteiger partial charge is 0.472 e. The highest BCUT2D eigenvalue weighted by Gasteiger charge is 2.25.